The third kappa shape index (κ3) is 30.9. The summed E-state index contributed by atoms with van der Waals surface area (Å²) in [7, 11) is -11.1. The van der Waals surface area contributed by atoms with Crippen LogP contribution in [0.1, 0.15) is 149 Å². The summed E-state index contributed by atoms with van der Waals surface area (Å²) in [5.41, 5.74) is 10.8. The molecule has 2 heterocycles. The van der Waals surface area contributed by atoms with Gasteiger partial charge in [0.05, 0.1) is 19.3 Å². The zero-order chi connectivity index (χ0) is 55.7. The highest BCUT2D eigenvalue weighted by atomic mass is 32.2. The number of phosphoric acid groups is 2. The standard InChI is InChI=1S/C50H84N4O18P2S/c1-4-5-6-7-8-9-10-11-14-17-20-23-28-42(40(55)27-25-29-44(56)57)75-36-39(51)49(61)70-38(33-67-45(58)30-24-21-18-15-12-13-16-19-22-26-37(2)3)34-68-73(63,64)72-74(65,66)69-35-41-46(59)47(60)48(71-41)54-32-31-43(52)53-50(54)62/h8-9,11,14,17,20,23,28,31-32,37-42,46-48,55,59-60H,4-7,10,12-13,15-16,18-19,21-22,24-27,29-30,33-36,51H2,1-3H3,(H,56,57)(H,63,64)(H,65,66)(H2,52,53,62)/b9-8-,14-11-,20-17+,28-23+/t38-,39+,40+,41-,42-,46-,47-,48-/m1/s1. The molecule has 1 aromatic rings. The summed E-state index contributed by atoms with van der Waals surface area (Å²) >= 11 is 1.09. The molecule has 2 rings (SSSR count). The molecular weight excluding hydrogens is 1040 g/mol. The second kappa shape index (κ2) is 38.1. The highest BCUT2D eigenvalue weighted by molar-refractivity contribution is 8.00. The van der Waals surface area contributed by atoms with Crippen molar-refractivity contribution in [1.29, 1.82) is 0 Å². The lowest BCUT2D eigenvalue weighted by molar-refractivity contribution is -0.161. The maximum atomic E-state index is 13.4. The molecule has 1 aliphatic heterocycles. The van der Waals surface area contributed by atoms with Crippen molar-refractivity contribution in [3.8, 4) is 0 Å². The second-order valence-corrected chi connectivity index (χ2v) is 23.0. The van der Waals surface area contributed by atoms with Crippen molar-refractivity contribution in [2.24, 2.45) is 11.7 Å². The molecule has 10 N–H and O–H groups in total. The predicted octanol–water partition coefficient (Wildman–Crippen LogP) is 7.34. The molecule has 1 fully saturated rings. The number of hydrogen-bond acceptors (Lipinski definition) is 19. The third-order valence-corrected chi connectivity index (χ3v) is 15.6. The van der Waals surface area contributed by atoms with Crippen LogP contribution in [0.3, 0.4) is 0 Å². The van der Waals surface area contributed by atoms with Gasteiger partial charge in [-0.1, -0.05) is 140 Å². The van der Waals surface area contributed by atoms with Crippen LogP contribution in [0.5, 0.6) is 0 Å². The Morgan fingerprint density at radius 3 is 2.19 bits per heavy atom. The molecule has 0 saturated carbocycles. The number of aliphatic carboxylic acids is 1. The van der Waals surface area contributed by atoms with Crippen molar-refractivity contribution in [3.63, 3.8) is 0 Å². The summed E-state index contributed by atoms with van der Waals surface area (Å²) in [5, 5.41) is 40.5. The molecule has 10 atom stereocenters. The lowest BCUT2D eigenvalue weighted by atomic mass is 10.0. The number of aliphatic hydroxyl groups excluding tert-OH is 3. The normalized spacial score (nSPS) is 20.5. The molecule has 22 nitrogen and oxygen atoms in total. The lowest BCUT2D eigenvalue weighted by Crippen LogP contribution is -2.40. The van der Waals surface area contributed by atoms with Gasteiger partial charge < -0.3 is 55.9 Å². The number of aromatic nitrogens is 2. The second-order valence-electron chi connectivity index (χ2n) is 18.7. The molecule has 0 amide bonds. The van der Waals surface area contributed by atoms with E-state index in [1.165, 1.54) is 38.2 Å². The number of nitrogens with two attached hydrogens (primary N) is 2. The van der Waals surface area contributed by atoms with Crippen LogP contribution < -0.4 is 17.2 Å². The van der Waals surface area contributed by atoms with Gasteiger partial charge in [0, 0.05) is 30.0 Å². The lowest BCUT2D eigenvalue weighted by Gasteiger charge is -2.23. The first-order valence-electron chi connectivity index (χ1n) is 25.9. The largest absolute Gasteiger partial charge is 0.481 e. The van der Waals surface area contributed by atoms with Crippen LogP contribution in [0.15, 0.2) is 65.7 Å². The Hall–Kier alpha value is -3.54. The molecule has 0 spiro atoms. The molecule has 1 aromatic heterocycles. The van der Waals surface area contributed by atoms with E-state index in [-0.39, 0.29) is 37.3 Å². The fraction of sp³-hybridized carbons (Fsp3) is 0.700. The minimum atomic E-state index is -5.58. The topological polar surface area (TPSA) is 349 Å². The summed E-state index contributed by atoms with van der Waals surface area (Å²) in [6.07, 6.45) is 22.8. The van der Waals surface area contributed by atoms with Gasteiger partial charge in [0.25, 0.3) is 0 Å². The van der Waals surface area contributed by atoms with Crippen molar-refractivity contribution in [2.45, 2.75) is 191 Å². The van der Waals surface area contributed by atoms with Crippen LogP contribution in [-0.4, -0.2) is 125 Å². The van der Waals surface area contributed by atoms with Gasteiger partial charge in [0.2, 0.25) is 0 Å². The van der Waals surface area contributed by atoms with Gasteiger partial charge in [-0.05, 0) is 50.5 Å². The Bertz CT molecular complexity index is 2090. The van der Waals surface area contributed by atoms with Gasteiger partial charge in [-0.2, -0.15) is 9.29 Å². The Kier molecular flexibility index (Phi) is 34.3. The molecule has 25 heteroatoms. The van der Waals surface area contributed by atoms with E-state index in [1.807, 2.05) is 18.2 Å². The summed E-state index contributed by atoms with van der Waals surface area (Å²) < 4.78 is 57.0. The number of nitrogen functional groups attached to an aromatic ring is 1. The van der Waals surface area contributed by atoms with Gasteiger partial charge in [0.1, 0.15) is 36.8 Å². The Morgan fingerprint density at radius 1 is 0.853 bits per heavy atom. The molecular formula is C50H84N4O18P2S. The number of anilines is 1. The molecule has 0 bridgehead atoms. The number of carboxylic acids is 1. The zero-order valence-corrected chi connectivity index (χ0v) is 46.3. The van der Waals surface area contributed by atoms with Crippen molar-refractivity contribution in [1.82, 2.24) is 9.55 Å². The van der Waals surface area contributed by atoms with Crippen molar-refractivity contribution in [2.75, 3.05) is 31.3 Å². The average molecular weight is 1120 g/mol. The van der Waals surface area contributed by atoms with Gasteiger partial charge in [-0.25, -0.2) is 13.9 Å². The van der Waals surface area contributed by atoms with Crippen LogP contribution in [0.4, 0.5) is 5.82 Å². The number of hydrogen-bond donors (Lipinski definition) is 8. The molecule has 1 saturated heterocycles. The monoisotopic (exact) mass is 1120 g/mol. The van der Waals surface area contributed by atoms with E-state index in [1.54, 1.807) is 18.2 Å². The molecule has 0 radical (unpaired) electrons. The van der Waals surface area contributed by atoms with E-state index >= 15 is 0 Å². The fourth-order valence-corrected chi connectivity index (χ4v) is 10.6. The Balaban J connectivity index is 2.08. The number of unbranched alkanes of at least 4 members (excludes halogenated alkanes) is 11. The van der Waals surface area contributed by atoms with Crippen LogP contribution >= 0.6 is 27.4 Å². The zero-order valence-electron chi connectivity index (χ0n) is 43.7. The number of aliphatic hydroxyl groups is 3. The van der Waals surface area contributed by atoms with Gasteiger partial charge in [-0.15, -0.1) is 11.8 Å². The van der Waals surface area contributed by atoms with Gasteiger partial charge >= 0.3 is 39.2 Å². The maximum Gasteiger partial charge on any atom is 0.481 e. The number of esters is 2. The molecule has 0 aliphatic carbocycles. The number of allylic oxidation sites excluding steroid dienone is 7. The summed E-state index contributed by atoms with van der Waals surface area (Å²) in [6, 6.07) is -0.161. The minimum Gasteiger partial charge on any atom is -0.481 e. The summed E-state index contributed by atoms with van der Waals surface area (Å²) in [5.74, 6) is -2.32. The van der Waals surface area contributed by atoms with Crippen LogP contribution in [-0.2, 0) is 51.1 Å². The van der Waals surface area contributed by atoms with Crippen LogP contribution in [0.25, 0.3) is 0 Å². The van der Waals surface area contributed by atoms with E-state index in [0.29, 0.717) is 12.3 Å². The molecule has 0 aromatic carbocycles. The smallest absolute Gasteiger partial charge is 0.481 e. The van der Waals surface area contributed by atoms with Gasteiger partial charge in [0.15, 0.2) is 12.3 Å². The van der Waals surface area contributed by atoms with Gasteiger partial charge in [-0.3, -0.25) is 28.0 Å². The van der Waals surface area contributed by atoms with Crippen molar-refractivity contribution < 1.29 is 81.3 Å². The van der Waals surface area contributed by atoms with Crippen molar-refractivity contribution >= 4 is 51.1 Å². The maximum absolute atomic E-state index is 13.4. The third-order valence-electron chi connectivity index (χ3n) is 11.6. The number of phosphoric ester groups is 2. The number of carbonyl (C=O) groups is 3. The molecule has 428 valence electrons. The Labute approximate surface area is 445 Å². The summed E-state index contributed by atoms with van der Waals surface area (Å²) in [4.78, 5) is 73.9. The predicted molar refractivity (Wildman–Crippen MR) is 285 cm³/mol. The Morgan fingerprint density at radius 2 is 1.52 bits per heavy atom. The van der Waals surface area contributed by atoms with Crippen LogP contribution in [0.2, 0.25) is 0 Å². The highest BCUT2D eigenvalue weighted by Gasteiger charge is 2.46. The quantitative estimate of drug-likeness (QED) is 0.0104. The highest BCUT2D eigenvalue weighted by Crippen LogP contribution is 2.60. The fourth-order valence-electron chi connectivity index (χ4n) is 7.39. The molecule has 2 unspecified atom stereocenters. The summed E-state index contributed by atoms with van der Waals surface area (Å²) in [6.45, 7) is 3.87. The first-order valence-corrected chi connectivity index (χ1v) is 30.0. The SMILES string of the molecule is CCCCC/C=C\C\C=C/C=C/C=C/[C@@H](SC[C@H](N)C(=O)O[C@H](COC(=O)CCCCCCCCCCCC(C)C)COP(=O)(O)OP(=O)(O)OC[C@H]1O[C@@H](n2ccc(N)nc2=O)[C@H](O)[C@@H]1O)[C@@H](O)CCCC(=O)O. The van der Waals surface area contributed by atoms with Crippen molar-refractivity contribution in [3.05, 3.63) is 71.4 Å². The van der Waals surface area contributed by atoms with E-state index < -0.39 is 107 Å². The first-order chi connectivity index (χ1) is 35.6. The van der Waals surface area contributed by atoms with E-state index in [4.69, 9.17) is 39.8 Å². The number of rotatable bonds is 42. The molecule has 75 heavy (non-hydrogen) atoms. The van der Waals surface area contributed by atoms with E-state index in [2.05, 4.69) is 42.2 Å². The van der Waals surface area contributed by atoms with E-state index in [9.17, 15) is 53.4 Å². The molecule has 1 aliphatic rings. The van der Waals surface area contributed by atoms with Crippen LogP contribution in [0, 0.1) is 5.92 Å². The number of carbonyl (C=O) groups excluding carboxylic acids is 2. The minimum absolute atomic E-state index is 0.0238. The number of nitrogens with zero attached hydrogens (tertiary/aromatic N) is 2. The number of thioether (sulfide) groups is 1. The first kappa shape index (κ1) is 67.6. The van der Waals surface area contributed by atoms with E-state index in [0.717, 1.165) is 80.3 Å². The number of carboxylic acid groups (broad SMARTS) is 1. The number of ether oxygens (including phenoxy) is 3. The average Bonchev–Trinajstić information content (AvgIpc) is 3.62.